The molecule has 0 aromatic heterocycles. The van der Waals surface area contributed by atoms with Gasteiger partial charge in [0, 0.05) is 0 Å². The summed E-state index contributed by atoms with van der Waals surface area (Å²) in [5.74, 6) is 0. The summed E-state index contributed by atoms with van der Waals surface area (Å²) in [6.07, 6.45) is 18.7. The van der Waals surface area contributed by atoms with Crippen LogP contribution >= 0.6 is 24.8 Å². The first kappa shape index (κ1) is 49.9. The van der Waals surface area contributed by atoms with Gasteiger partial charge in [-0.05, 0) is 97.3 Å². The molecule has 0 amide bonds. The van der Waals surface area contributed by atoms with E-state index in [1.165, 1.54) is 155 Å². The molecule has 2 aliphatic rings. The van der Waals surface area contributed by atoms with Gasteiger partial charge in [-0.25, -0.2) is 0 Å². The third kappa shape index (κ3) is 11.5. The van der Waals surface area contributed by atoms with Crippen LogP contribution in [0.5, 0.6) is 0 Å². The van der Waals surface area contributed by atoms with Gasteiger partial charge in [-0.2, -0.15) is 12.1 Å². The van der Waals surface area contributed by atoms with Crippen molar-refractivity contribution in [2.45, 2.75) is 118 Å². The van der Waals surface area contributed by atoms with Crippen molar-refractivity contribution in [1.82, 2.24) is 0 Å². The molecule has 6 aromatic carbocycles. The van der Waals surface area contributed by atoms with Crippen LogP contribution < -0.4 is 0 Å². The summed E-state index contributed by atoms with van der Waals surface area (Å²) in [4.78, 5) is 0. The molecule has 0 spiro atoms. The van der Waals surface area contributed by atoms with E-state index < -0.39 is 0 Å². The van der Waals surface area contributed by atoms with Gasteiger partial charge < -0.3 is 14.9 Å². The van der Waals surface area contributed by atoms with Crippen molar-refractivity contribution < 1.29 is 23.3 Å². The van der Waals surface area contributed by atoms with E-state index >= 15 is 0 Å². The minimum absolute atomic E-state index is 0. The number of benzene rings is 4. The van der Waals surface area contributed by atoms with Gasteiger partial charge in [0.1, 0.15) is 0 Å². The molecule has 300 valence electrons. The first-order chi connectivity index (χ1) is 25.5. The zero-order valence-corrected chi connectivity index (χ0v) is 40.2. The Bertz CT molecular complexity index is 1880. The molecule has 2 aliphatic carbocycles. The van der Waals surface area contributed by atoms with Crippen molar-refractivity contribution in [3.63, 3.8) is 0 Å². The Hall–Kier alpha value is -2.22. The third-order valence-electron chi connectivity index (χ3n) is 12.5. The maximum absolute atomic E-state index is 3.06. The average molecular weight is 881 g/mol. The van der Waals surface area contributed by atoms with Crippen molar-refractivity contribution in [2.75, 3.05) is 0 Å². The van der Waals surface area contributed by atoms with E-state index in [9.17, 15) is 0 Å². The molecule has 0 N–H and O–H groups in total. The van der Waals surface area contributed by atoms with Crippen LogP contribution in [0.4, 0.5) is 0 Å². The molecule has 2 fully saturated rings. The molecule has 0 aliphatic heterocycles. The molecule has 0 bridgehead atoms. The number of hydrogen-bond donors (Lipinski definition) is 0. The van der Waals surface area contributed by atoms with Crippen LogP contribution in [0.15, 0.2) is 109 Å². The summed E-state index contributed by atoms with van der Waals surface area (Å²) in [6, 6.07) is 41.5. The fourth-order valence-corrected chi connectivity index (χ4v) is 9.45. The first-order valence-electron chi connectivity index (χ1n) is 20.3. The molecule has 56 heavy (non-hydrogen) atoms. The van der Waals surface area contributed by atoms with Crippen LogP contribution in [0.3, 0.4) is 0 Å². The zero-order valence-electron chi connectivity index (χ0n) is 35.1. The van der Waals surface area contributed by atoms with Crippen LogP contribution in [0, 0.1) is 25.7 Å². The molecule has 8 rings (SSSR count). The summed E-state index contributed by atoms with van der Waals surface area (Å²) in [6.45, 7) is 12.2. The second kappa shape index (κ2) is 23.4. The fraction of sp³-hybridized carbons (Fsp3) is 0.385. The average Bonchev–Trinajstić information content (AvgIpc) is 3.77. The van der Waals surface area contributed by atoms with Gasteiger partial charge in [0.25, 0.3) is 0 Å². The van der Waals surface area contributed by atoms with Crippen LogP contribution in [-0.2, 0) is 49.0 Å². The third-order valence-corrected chi connectivity index (χ3v) is 12.5. The van der Waals surface area contributed by atoms with E-state index in [0.29, 0.717) is 10.8 Å². The minimum atomic E-state index is 0. The summed E-state index contributed by atoms with van der Waals surface area (Å²) in [7, 11) is 0. The summed E-state index contributed by atoms with van der Waals surface area (Å²) >= 11 is 1.36. The van der Waals surface area contributed by atoms with Gasteiger partial charge in [0.05, 0.1) is 0 Å². The molecular formula is C52H66Cl2SiZr-4. The molecule has 0 saturated heterocycles. The molecular weight excluding hydrogens is 815 g/mol. The van der Waals surface area contributed by atoms with Crippen LogP contribution in [0.1, 0.15) is 114 Å². The van der Waals surface area contributed by atoms with Crippen LogP contribution in [-0.4, -0.2) is 6.88 Å². The molecule has 6 aromatic rings. The Balaban J connectivity index is 0.000000347. The normalized spacial score (nSPS) is 14.4. The number of fused-ring (bicyclic) bond motifs is 2. The maximum atomic E-state index is 3.06. The Morgan fingerprint density at radius 2 is 0.893 bits per heavy atom. The fourth-order valence-electron chi connectivity index (χ4n) is 9.45. The predicted molar refractivity (Wildman–Crippen MR) is 252 cm³/mol. The van der Waals surface area contributed by atoms with Gasteiger partial charge in [-0.1, -0.05) is 125 Å². The van der Waals surface area contributed by atoms with Crippen molar-refractivity contribution in [1.29, 1.82) is 0 Å². The van der Waals surface area contributed by atoms with E-state index in [1.54, 1.807) is 11.1 Å². The van der Waals surface area contributed by atoms with Crippen LogP contribution in [0.25, 0.3) is 43.8 Å². The molecule has 0 unspecified atom stereocenters. The predicted octanol–water partition coefficient (Wildman–Crippen LogP) is 16.0. The van der Waals surface area contributed by atoms with E-state index in [-0.39, 0.29) is 39.7 Å². The molecule has 0 heterocycles. The number of halogens is 2. The molecule has 4 heteroatoms. The van der Waals surface area contributed by atoms with Gasteiger partial charge in [-0.3, -0.25) is 0 Å². The van der Waals surface area contributed by atoms with Gasteiger partial charge >= 0.3 is 30.2 Å². The summed E-state index contributed by atoms with van der Waals surface area (Å²) < 4.78 is 0. The number of hydrogen-bond acceptors (Lipinski definition) is 0. The Kier molecular flexibility index (Phi) is 20.9. The Morgan fingerprint density at radius 1 is 0.536 bits per heavy atom. The SMILES string of the molecule is CCCC1(Cc2cc3c(-c4ccc(CC)cc4)cccc3[cH-]2)CCC1.CCCC1(Cc2cc3c(-c4ccc(CC)cc4)cccc3[cH-]2)CCC1.Cl.Cl.[CH3-].[CH3-].[Si]=[Zr]. The standard InChI is InChI=1S/2C25H29.2CH3.2ClH.Si.Zr/c2*1-3-13-25(14-6-15-25)18-20-16-22-7-5-8-23(24(22)17-20)21-11-9-19(4-2)10-12-21;;;;;;/h2*5,7-12,16-17H,3-4,6,13-15,18H2,1-2H3;2*1H3;2*1H;;/q4*-1;;;;. The molecule has 0 nitrogen and oxygen atoms in total. The quantitative estimate of drug-likeness (QED) is 0.0849. The molecule has 2 radical (unpaired) electrons. The van der Waals surface area contributed by atoms with E-state index in [1.807, 2.05) is 0 Å². The summed E-state index contributed by atoms with van der Waals surface area (Å²) in [5.41, 5.74) is 12.5. The van der Waals surface area contributed by atoms with Crippen molar-refractivity contribution in [3.05, 3.63) is 146 Å². The molecule has 0 atom stereocenters. The van der Waals surface area contributed by atoms with Gasteiger partial charge in [0.15, 0.2) is 0 Å². The van der Waals surface area contributed by atoms with Crippen molar-refractivity contribution in [2.24, 2.45) is 10.8 Å². The first-order valence-corrected chi connectivity index (χ1v) is 24.4. The monoisotopic (exact) mass is 878 g/mol. The number of aryl methyl sites for hydroxylation is 2. The van der Waals surface area contributed by atoms with E-state index in [4.69, 9.17) is 0 Å². The number of rotatable bonds is 12. The summed E-state index contributed by atoms with van der Waals surface area (Å²) in [5, 5.41) is 5.65. The van der Waals surface area contributed by atoms with Crippen molar-refractivity contribution in [3.8, 4) is 22.3 Å². The second-order valence-electron chi connectivity index (χ2n) is 16.0. The molecule has 2 saturated carbocycles. The van der Waals surface area contributed by atoms with Gasteiger partial charge in [-0.15, -0.1) is 93.9 Å². The second-order valence-corrected chi connectivity index (χ2v) is 16.0. The van der Waals surface area contributed by atoms with E-state index in [0.717, 1.165) is 12.8 Å². The Morgan fingerprint density at radius 3 is 1.18 bits per heavy atom. The Labute approximate surface area is 370 Å². The van der Waals surface area contributed by atoms with E-state index in [2.05, 4.69) is 144 Å². The van der Waals surface area contributed by atoms with Crippen molar-refractivity contribution >= 4 is 53.2 Å². The van der Waals surface area contributed by atoms with Crippen LogP contribution in [0.2, 0.25) is 0 Å². The van der Waals surface area contributed by atoms with Gasteiger partial charge in [0.2, 0.25) is 0 Å². The zero-order chi connectivity index (χ0) is 36.6. The topological polar surface area (TPSA) is 0 Å².